The molecule has 1 saturated heterocycles. The summed E-state index contributed by atoms with van der Waals surface area (Å²) in [5.41, 5.74) is 4.06. The number of piperazine rings is 1. The Balaban J connectivity index is 1.33. The lowest BCUT2D eigenvalue weighted by molar-refractivity contribution is 0.0600. The van der Waals surface area contributed by atoms with Gasteiger partial charge in [0.05, 0.1) is 24.6 Å². The van der Waals surface area contributed by atoms with Gasteiger partial charge in [-0.3, -0.25) is 4.90 Å². The molecule has 0 saturated carbocycles. The lowest BCUT2D eigenvalue weighted by Crippen LogP contribution is -2.45. The van der Waals surface area contributed by atoms with E-state index in [4.69, 9.17) is 9.72 Å². The van der Waals surface area contributed by atoms with Crippen molar-refractivity contribution in [2.24, 2.45) is 0 Å². The molecule has 1 N–H and O–H groups in total. The second kappa shape index (κ2) is 10.2. The number of nitrogens with zero attached hydrogens (tertiary/aromatic N) is 6. The molecule has 0 amide bonds. The first-order chi connectivity index (χ1) is 17.1. The number of carbonyl (C=O) groups excluding carboxylic acids is 1. The van der Waals surface area contributed by atoms with Crippen molar-refractivity contribution in [1.29, 1.82) is 0 Å². The summed E-state index contributed by atoms with van der Waals surface area (Å²) in [4.78, 5) is 26.1. The van der Waals surface area contributed by atoms with Crippen LogP contribution in [0.2, 0.25) is 0 Å². The molecule has 4 aromatic rings. The summed E-state index contributed by atoms with van der Waals surface area (Å²) >= 11 is 0. The number of fused-ring (bicyclic) bond motifs is 1. The van der Waals surface area contributed by atoms with E-state index in [1.54, 1.807) is 22.8 Å². The van der Waals surface area contributed by atoms with Crippen LogP contribution in [0.1, 0.15) is 22.8 Å². The van der Waals surface area contributed by atoms with E-state index in [2.05, 4.69) is 38.2 Å². The molecule has 0 bridgehead atoms. The maximum atomic E-state index is 11.7. The number of methoxy groups -OCH3 is 1. The Morgan fingerprint density at radius 3 is 2.49 bits per heavy atom. The largest absolute Gasteiger partial charge is 0.465 e. The molecule has 3 aromatic heterocycles. The normalized spacial score (nSPS) is 14.8. The van der Waals surface area contributed by atoms with Crippen LogP contribution < -0.4 is 5.32 Å². The van der Waals surface area contributed by atoms with Gasteiger partial charge in [-0.25, -0.2) is 14.8 Å². The van der Waals surface area contributed by atoms with Crippen molar-refractivity contribution in [2.45, 2.75) is 13.5 Å². The molecular weight excluding hydrogens is 442 g/mol. The highest BCUT2D eigenvalue weighted by molar-refractivity contribution is 5.90. The fourth-order valence-corrected chi connectivity index (χ4v) is 4.29. The standard InChI is InChI=1S/C26H29N7O2/c1-3-31-12-14-32(15-13-31)18-19-4-9-23(27-17-19)30-25-16-22(29-24-10-11-28-33(24)25)20-5-7-21(8-6-20)26(34)35-2/h4-11,16-17H,3,12-15,18H2,1-2H3,(H,27,30). The monoisotopic (exact) mass is 471 g/mol. The van der Waals surface area contributed by atoms with Gasteiger partial charge < -0.3 is 15.0 Å². The molecule has 35 heavy (non-hydrogen) atoms. The smallest absolute Gasteiger partial charge is 0.337 e. The van der Waals surface area contributed by atoms with Crippen LogP contribution in [0.25, 0.3) is 16.9 Å². The zero-order chi connectivity index (χ0) is 24.2. The minimum absolute atomic E-state index is 0.365. The van der Waals surface area contributed by atoms with Crippen molar-refractivity contribution in [1.82, 2.24) is 29.4 Å². The SMILES string of the molecule is CCN1CCN(Cc2ccc(Nc3cc(-c4ccc(C(=O)OC)cc4)nc4ccnn34)nc2)CC1. The summed E-state index contributed by atoms with van der Waals surface area (Å²) in [5, 5.41) is 7.78. The van der Waals surface area contributed by atoms with Gasteiger partial charge in [-0.2, -0.15) is 9.61 Å². The van der Waals surface area contributed by atoms with Crippen molar-refractivity contribution in [3.8, 4) is 11.3 Å². The number of nitrogens with one attached hydrogen (secondary N) is 1. The molecule has 9 heteroatoms. The van der Waals surface area contributed by atoms with Crippen molar-refractivity contribution in [2.75, 3.05) is 45.2 Å². The number of hydrogen-bond donors (Lipinski definition) is 1. The number of carbonyl (C=O) groups is 1. The summed E-state index contributed by atoms with van der Waals surface area (Å²) in [7, 11) is 1.37. The van der Waals surface area contributed by atoms with E-state index in [0.717, 1.165) is 62.2 Å². The Morgan fingerprint density at radius 1 is 1.03 bits per heavy atom. The topological polar surface area (TPSA) is 87.9 Å². The maximum absolute atomic E-state index is 11.7. The van der Waals surface area contributed by atoms with Crippen LogP contribution in [0.5, 0.6) is 0 Å². The van der Waals surface area contributed by atoms with Crippen LogP contribution in [-0.4, -0.2) is 75.2 Å². The summed E-state index contributed by atoms with van der Waals surface area (Å²) < 4.78 is 6.53. The number of rotatable bonds is 7. The molecule has 0 atom stereocenters. The van der Waals surface area contributed by atoms with Gasteiger partial charge in [-0.15, -0.1) is 0 Å². The predicted octanol–water partition coefficient (Wildman–Crippen LogP) is 3.46. The number of anilines is 2. The van der Waals surface area contributed by atoms with E-state index in [0.29, 0.717) is 11.2 Å². The molecule has 0 unspecified atom stereocenters. The molecule has 0 radical (unpaired) electrons. The lowest BCUT2D eigenvalue weighted by Gasteiger charge is -2.33. The quantitative estimate of drug-likeness (QED) is 0.410. The minimum Gasteiger partial charge on any atom is -0.465 e. The first-order valence-corrected chi connectivity index (χ1v) is 11.8. The average Bonchev–Trinajstić information content (AvgIpc) is 3.39. The van der Waals surface area contributed by atoms with Gasteiger partial charge in [-0.05, 0) is 30.3 Å². The third-order valence-electron chi connectivity index (χ3n) is 6.36. The molecule has 1 aliphatic heterocycles. The highest BCUT2D eigenvalue weighted by Gasteiger charge is 2.16. The number of pyridine rings is 1. The molecule has 1 aromatic carbocycles. The third-order valence-corrected chi connectivity index (χ3v) is 6.36. The average molecular weight is 472 g/mol. The van der Waals surface area contributed by atoms with E-state index in [1.807, 2.05) is 36.5 Å². The molecule has 180 valence electrons. The maximum Gasteiger partial charge on any atom is 0.337 e. The second-order valence-corrected chi connectivity index (χ2v) is 8.58. The van der Waals surface area contributed by atoms with Crippen LogP contribution in [0.15, 0.2) is 60.9 Å². The van der Waals surface area contributed by atoms with Crippen LogP contribution in [-0.2, 0) is 11.3 Å². The van der Waals surface area contributed by atoms with E-state index < -0.39 is 0 Å². The number of hydrogen-bond acceptors (Lipinski definition) is 8. The van der Waals surface area contributed by atoms with E-state index in [-0.39, 0.29) is 5.97 Å². The first-order valence-electron chi connectivity index (χ1n) is 11.8. The molecule has 0 spiro atoms. The second-order valence-electron chi connectivity index (χ2n) is 8.58. The number of benzene rings is 1. The van der Waals surface area contributed by atoms with Crippen LogP contribution >= 0.6 is 0 Å². The van der Waals surface area contributed by atoms with Gasteiger partial charge in [0.2, 0.25) is 0 Å². The van der Waals surface area contributed by atoms with Crippen molar-refractivity contribution in [3.05, 3.63) is 72.1 Å². The molecule has 1 aliphatic rings. The molecule has 4 heterocycles. The first kappa shape index (κ1) is 22.9. The van der Waals surface area contributed by atoms with E-state index >= 15 is 0 Å². The Labute approximate surface area is 204 Å². The van der Waals surface area contributed by atoms with Crippen LogP contribution in [0.4, 0.5) is 11.6 Å². The molecule has 0 aliphatic carbocycles. The van der Waals surface area contributed by atoms with Crippen molar-refractivity contribution in [3.63, 3.8) is 0 Å². The Hall–Kier alpha value is -3.82. The number of aromatic nitrogens is 4. The summed E-state index contributed by atoms with van der Waals surface area (Å²) in [6, 6.07) is 15.1. The van der Waals surface area contributed by atoms with Gasteiger partial charge in [-0.1, -0.05) is 25.1 Å². The van der Waals surface area contributed by atoms with Gasteiger partial charge in [0.15, 0.2) is 5.65 Å². The molecule has 9 nitrogen and oxygen atoms in total. The fourth-order valence-electron chi connectivity index (χ4n) is 4.29. The van der Waals surface area contributed by atoms with Crippen molar-refractivity contribution < 1.29 is 9.53 Å². The zero-order valence-corrected chi connectivity index (χ0v) is 20.0. The fraction of sp³-hybridized carbons (Fsp3) is 0.308. The number of likely N-dealkylation sites (N-methyl/N-ethyl adjacent to an activating group) is 1. The molecule has 5 rings (SSSR count). The summed E-state index contributed by atoms with van der Waals surface area (Å²) in [5.74, 6) is 1.12. The third kappa shape index (κ3) is 5.16. The molecular formula is C26H29N7O2. The Bertz CT molecular complexity index is 1290. The van der Waals surface area contributed by atoms with Crippen molar-refractivity contribution >= 4 is 23.3 Å². The van der Waals surface area contributed by atoms with Gasteiger partial charge in [0.25, 0.3) is 0 Å². The highest BCUT2D eigenvalue weighted by atomic mass is 16.5. The Kier molecular flexibility index (Phi) is 6.69. The number of esters is 1. The number of ether oxygens (including phenoxy) is 1. The van der Waals surface area contributed by atoms with Gasteiger partial charge >= 0.3 is 5.97 Å². The minimum atomic E-state index is -0.365. The zero-order valence-electron chi connectivity index (χ0n) is 20.0. The Morgan fingerprint density at radius 2 is 1.80 bits per heavy atom. The summed E-state index contributed by atoms with van der Waals surface area (Å²) in [6.07, 6.45) is 3.65. The van der Waals surface area contributed by atoms with E-state index in [1.165, 1.54) is 12.7 Å². The molecule has 1 fully saturated rings. The van der Waals surface area contributed by atoms with Crippen LogP contribution in [0.3, 0.4) is 0 Å². The van der Waals surface area contributed by atoms with Crippen LogP contribution in [0, 0.1) is 0 Å². The summed E-state index contributed by atoms with van der Waals surface area (Å²) in [6.45, 7) is 8.67. The lowest BCUT2D eigenvalue weighted by atomic mass is 10.1. The predicted molar refractivity (Wildman–Crippen MR) is 135 cm³/mol. The van der Waals surface area contributed by atoms with E-state index in [9.17, 15) is 4.79 Å². The van der Waals surface area contributed by atoms with Gasteiger partial charge in [0.1, 0.15) is 11.6 Å². The van der Waals surface area contributed by atoms with Gasteiger partial charge in [0, 0.05) is 56.6 Å². The highest BCUT2D eigenvalue weighted by Crippen LogP contribution is 2.25.